The van der Waals surface area contributed by atoms with Crippen molar-refractivity contribution in [3.05, 3.63) is 30.1 Å². The van der Waals surface area contributed by atoms with Gasteiger partial charge < -0.3 is 19.9 Å². The summed E-state index contributed by atoms with van der Waals surface area (Å²) in [7, 11) is -4.31. The molecule has 0 atom stereocenters. The number of hydrogen-bond donors (Lipinski definition) is 3. The van der Waals surface area contributed by atoms with Crippen LogP contribution in [0.25, 0.3) is 10.8 Å². The Morgan fingerprint density at radius 1 is 1.24 bits per heavy atom. The van der Waals surface area contributed by atoms with Crippen molar-refractivity contribution in [2.24, 2.45) is 0 Å². The van der Waals surface area contributed by atoms with E-state index in [-0.39, 0.29) is 12.0 Å². The number of fused-ring (bicyclic) bond motifs is 1. The third-order valence-electron chi connectivity index (χ3n) is 4.91. The van der Waals surface area contributed by atoms with Gasteiger partial charge in [0.05, 0.1) is 6.61 Å². The summed E-state index contributed by atoms with van der Waals surface area (Å²) in [4.78, 5) is 23.5. The monoisotopic (exact) mass is 497 g/mol. The van der Waals surface area contributed by atoms with Gasteiger partial charge in [-0.1, -0.05) is 6.07 Å². The summed E-state index contributed by atoms with van der Waals surface area (Å²) in [5, 5.41) is 13.3. The maximum absolute atomic E-state index is 15.3. The maximum Gasteiger partial charge on any atom is 0.408 e. The Morgan fingerprint density at radius 3 is 2.50 bits per heavy atom. The smallest absolute Gasteiger partial charge is 0.408 e. The van der Waals surface area contributed by atoms with Crippen LogP contribution in [0.15, 0.2) is 24.3 Å². The average Bonchev–Trinajstić information content (AvgIpc) is 2.92. The first-order valence-electron chi connectivity index (χ1n) is 10.5. The topological polar surface area (TPSA) is 134 Å². The van der Waals surface area contributed by atoms with Gasteiger partial charge in [0.1, 0.15) is 29.3 Å². The second-order valence-corrected chi connectivity index (χ2v) is 11.2. The van der Waals surface area contributed by atoms with Gasteiger partial charge in [0.2, 0.25) is 0 Å². The van der Waals surface area contributed by atoms with Crippen LogP contribution in [0.5, 0.6) is 11.5 Å². The predicted octanol–water partition coefficient (Wildman–Crippen LogP) is 2.94. The SMILES string of the molecule is CC(C)(CCOc1ccc2cc(O)c(N3CC(=O)NS3(=O)=O)c(F)c2c1)NC(=O)OC(C)(C)C. The van der Waals surface area contributed by atoms with Crippen molar-refractivity contribution in [3.8, 4) is 11.5 Å². The molecule has 1 heterocycles. The fraction of sp³-hybridized carbons (Fsp3) is 0.455. The van der Waals surface area contributed by atoms with E-state index in [0.29, 0.717) is 21.9 Å². The molecule has 2 amide bonds. The highest BCUT2D eigenvalue weighted by Crippen LogP contribution is 2.39. The lowest BCUT2D eigenvalue weighted by atomic mass is 10.0. The number of carbonyl (C=O) groups excluding carboxylic acids is 2. The number of anilines is 1. The number of hydrogen-bond acceptors (Lipinski definition) is 7. The number of phenolic OH excluding ortho intramolecular Hbond substituents is 1. The normalized spacial score (nSPS) is 15.8. The number of nitrogens with one attached hydrogen (secondary N) is 2. The molecule has 1 aliphatic heterocycles. The minimum absolute atomic E-state index is 0.00555. The second kappa shape index (κ2) is 8.82. The summed E-state index contributed by atoms with van der Waals surface area (Å²) in [6.07, 6.45) is -0.143. The van der Waals surface area contributed by atoms with Gasteiger partial charge in [0.25, 0.3) is 5.91 Å². The molecule has 0 radical (unpaired) electrons. The molecular formula is C22H28FN3O7S. The number of ether oxygens (including phenoxy) is 2. The molecule has 34 heavy (non-hydrogen) atoms. The Labute approximate surface area is 197 Å². The molecule has 0 aromatic heterocycles. The van der Waals surface area contributed by atoms with Crippen LogP contribution in [0, 0.1) is 5.82 Å². The molecule has 10 nitrogen and oxygen atoms in total. The van der Waals surface area contributed by atoms with Crippen molar-refractivity contribution >= 4 is 38.7 Å². The third-order valence-corrected chi connectivity index (χ3v) is 6.29. The van der Waals surface area contributed by atoms with Crippen LogP contribution in [-0.4, -0.2) is 49.8 Å². The maximum atomic E-state index is 15.3. The van der Waals surface area contributed by atoms with Crippen molar-refractivity contribution in [3.63, 3.8) is 0 Å². The Bertz CT molecular complexity index is 1240. The molecule has 3 rings (SSSR count). The van der Waals surface area contributed by atoms with Crippen LogP contribution in [0.1, 0.15) is 41.0 Å². The lowest BCUT2D eigenvalue weighted by molar-refractivity contribution is -0.117. The molecule has 12 heteroatoms. The standard InChI is InChI=1S/C22H28FN3O7S/c1-21(2,3)33-20(29)24-22(4,5)8-9-32-14-7-6-13-10-16(27)19(18(23)15(13)11-14)26-12-17(28)25-34(26,30)31/h6-7,10-11,27H,8-9,12H2,1-5H3,(H,24,29)(H,25,28). The van der Waals surface area contributed by atoms with Gasteiger partial charge in [-0.3, -0.25) is 4.79 Å². The van der Waals surface area contributed by atoms with E-state index in [1.807, 2.05) is 0 Å². The number of alkyl carbamates (subject to hydrolysis) is 1. The van der Waals surface area contributed by atoms with Gasteiger partial charge in [-0.25, -0.2) is 18.2 Å². The van der Waals surface area contributed by atoms with E-state index in [9.17, 15) is 23.1 Å². The summed E-state index contributed by atoms with van der Waals surface area (Å²) >= 11 is 0. The zero-order valence-electron chi connectivity index (χ0n) is 19.6. The second-order valence-electron chi connectivity index (χ2n) is 9.59. The lowest BCUT2D eigenvalue weighted by Crippen LogP contribution is -2.46. The zero-order chi connectivity index (χ0) is 25.5. The summed E-state index contributed by atoms with van der Waals surface area (Å²) in [6.45, 7) is 8.44. The van der Waals surface area contributed by atoms with Crippen molar-refractivity contribution in [2.75, 3.05) is 17.5 Å². The Hall–Kier alpha value is -3.28. The van der Waals surface area contributed by atoms with E-state index in [1.165, 1.54) is 18.2 Å². The highest BCUT2D eigenvalue weighted by atomic mass is 32.2. The highest BCUT2D eigenvalue weighted by molar-refractivity contribution is 7.92. The lowest BCUT2D eigenvalue weighted by Gasteiger charge is -2.28. The van der Waals surface area contributed by atoms with Gasteiger partial charge in [0.15, 0.2) is 5.82 Å². The number of carbonyl (C=O) groups is 2. The predicted molar refractivity (Wildman–Crippen MR) is 124 cm³/mol. The van der Waals surface area contributed by atoms with E-state index < -0.39 is 57.1 Å². The molecule has 0 unspecified atom stereocenters. The van der Waals surface area contributed by atoms with Crippen molar-refractivity contribution < 1.29 is 37.0 Å². The van der Waals surface area contributed by atoms with Crippen LogP contribution in [0.3, 0.4) is 0 Å². The van der Waals surface area contributed by atoms with Crippen LogP contribution in [0.4, 0.5) is 14.9 Å². The van der Waals surface area contributed by atoms with E-state index in [0.717, 1.165) is 0 Å². The molecule has 1 aliphatic rings. The highest BCUT2D eigenvalue weighted by Gasteiger charge is 2.38. The van der Waals surface area contributed by atoms with Crippen molar-refractivity contribution in [1.82, 2.24) is 10.0 Å². The van der Waals surface area contributed by atoms with Crippen LogP contribution < -0.4 is 19.1 Å². The molecular weight excluding hydrogens is 469 g/mol. The van der Waals surface area contributed by atoms with Gasteiger partial charge in [0, 0.05) is 17.3 Å². The number of aromatic hydroxyl groups is 1. The van der Waals surface area contributed by atoms with Crippen molar-refractivity contribution in [1.29, 1.82) is 0 Å². The Kier molecular flexibility index (Phi) is 6.57. The fourth-order valence-corrected chi connectivity index (χ4v) is 4.51. The Morgan fingerprint density at radius 2 is 1.91 bits per heavy atom. The number of benzene rings is 2. The first-order valence-corrected chi connectivity index (χ1v) is 11.9. The molecule has 2 aromatic carbocycles. The minimum atomic E-state index is -4.31. The number of nitrogens with zero attached hydrogens (tertiary/aromatic N) is 1. The van der Waals surface area contributed by atoms with Crippen LogP contribution >= 0.6 is 0 Å². The van der Waals surface area contributed by atoms with Crippen LogP contribution in [-0.2, 0) is 19.7 Å². The van der Waals surface area contributed by atoms with Crippen LogP contribution in [0.2, 0.25) is 0 Å². The van der Waals surface area contributed by atoms with Gasteiger partial charge >= 0.3 is 16.3 Å². The summed E-state index contributed by atoms with van der Waals surface area (Å²) in [6, 6.07) is 5.68. The minimum Gasteiger partial charge on any atom is -0.506 e. The quantitative estimate of drug-likeness (QED) is 0.559. The molecule has 1 saturated heterocycles. The number of amides is 2. The Balaban J connectivity index is 1.76. The fourth-order valence-electron chi connectivity index (χ4n) is 3.35. The van der Waals surface area contributed by atoms with E-state index in [2.05, 4.69) is 5.32 Å². The first-order chi connectivity index (χ1) is 15.6. The number of rotatable bonds is 6. The largest absolute Gasteiger partial charge is 0.506 e. The molecule has 1 fully saturated rings. The third kappa shape index (κ3) is 5.79. The molecule has 3 N–H and O–H groups in total. The number of halogens is 1. The number of phenols is 1. The van der Waals surface area contributed by atoms with Gasteiger partial charge in [-0.05, 0) is 58.2 Å². The van der Waals surface area contributed by atoms with E-state index in [4.69, 9.17) is 9.47 Å². The van der Waals surface area contributed by atoms with Gasteiger partial charge in [-0.2, -0.15) is 8.42 Å². The average molecular weight is 498 g/mol. The molecule has 0 bridgehead atoms. The van der Waals surface area contributed by atoms with Crippen molar-refractivity contribution in [2.45, 2.75) is 52.2 Å². The summed E-state index contributed by atoms with van der Waals surface area (Å²) < 4.78 is 52.7. The zero-order valence-corrected chi connectivity index (χ0v) is 20.4. The molecule has 0 spiro atoms. The van der Waals surface area contributed by atoms with E-state index in [1.54, 1.807) is 45.4 Å². The molecule has 186 valence electrons. The first kappa shape index (κ1) is 25.3. The molecule has 0 aliphatic carbocycles. The molecule has 2 aromatic rings. The summed E-state index contributed by atoms with van der Waals surface area (Å²) in [5.74, 6) is -2.16. The van der Waals surface area contributed by atoms with E-state index >= 15 is 4.39 Å². The summed E-state index contributed by atoms with van der Waals surface area (Å²) in [5.41, 5.74) is -1.89. The van der Waals surface area contributed by atoms with Gasteiger partial charge in [-0.15, -0.1) is 0 Å². The molecule has 0 saturated carbocycles.